The molecule has 1 aliphatic rings. The summed E-state index contributed by atoms with van der Waals surface area (Å²) < 4.78 is 0. The highest BCUT2D eigenvalue weighted by Gasteiger charge is 2.18. The van der Waals surface area contributed by atoms with Crippen molar-refractivity contribution in [1.82, 2.24) is 15.3 Å². The second-order valence-corrected chi connectivity index (χ2v) is 6.99. The number of aromatic amines is 1. The van der Waals surface area contributed by atoms with Crippen molar-refractivity contribution in [3.05, 3.63) is 54.2 Å². The molecule has 7 heteroatoms. The first-order valence-corrected chi connectivity index (χ1v) is 9.57. The fourth-order valence-electron chi connectivity index (χ4n) is 3.54. The lowest BCUT2D eigenvalue weighted by Gasteiger charge is -2.28. The molecule has 0 aliphatic carbocycles. The summed E-state index contributed by atoms with van der Waals surface area (Å²) in [6.07, 6.45) is 1.76. The maximum absolute atomic E-state index is 11.3. The van der Waals surface area contributed by atoms with Gasteiger partial charge >= 0.3 is 0 Å². The van der Waals surface area contributed by atoms with E-state index in [4.69, 9.17) is 0 Å². The first-order valence-electron chi connectivity index (χ1n) is 9.57. The quantitative estimate of drug-likeness (QED) is 0.640. The maximum Gasteiger partial charge on any atom is 0.221 e. The van der Waals surface area contributed by atoms with E-state index in [2.05, 4.69) is 31.6 Å². The van der Waals surface area contributed by atoms with Crippen LogP contribution in [0.3, 0.4) is 0 Å². The van der Waals surface area contributed by atoms with Crippen molar-refractivity contribution in [2.24, 2.45) is 0 Å². The molecule has 3 N–H and O–H groups in total. The molecule has 0 radical (unpaired) electrons. The second kappa shape index (κ2) is 8.17. The zero-order valence-electron chi connectivity index (χ0n) is 16.2. The predicted molar refractivity (Wildman–Crippen MR) is 114 cm³/mol. The average molecular weight is 386 g/mol. The molecule has 7 nitrogen and oxygen atoms in total. The lowest BCUT2D eigenvalue weighted by Crippen LogP contribution is -2.44. The lowest BCUT2D eigenvalue weighted by atomic mass is 10.1. The van der Waals surface area contributed by atoms with Crippen LogP contribution < -0.4 is 15.5 Å². The van der Waals surface area contributed by atoms with Crippen LogP contribution in [0.25, 0.3) is 22.5 Å². The van der Waals surface area contributed by atoms with Gasteiger partial charge in [-0.3, -0.25) is 9.78 Å². The zero-order valence-corrected chi connectivity index (χ0v) is 16.2. The first-order chi connectivity index (χ1) is 14.1. The number of aromatic nitrogens is 2. The summed E-state index contributed by atoms with van der Waals surface area (Å²) in [7, 11) is 0. The number of carbonyl (C=O) groups is 1. The number of hydrogen-bond donors (Lipinski definition) is 3. The van der Waals surface area contributed by atoms with Crippen molar-refractivity contribution in [2.45, 2.75) is 6.92 Å². The normalized spacial score (nSPS) is 13.7. The molecule has 29 heavy (non-hydrogen) atoms. The summed E-state index contributed by atoms with van der Waals surface area (Å²) in [6.45, 7) is 5.03. The Morgan fingerprint density at radius 1 is 1.17 bits per heavy atom. The Bertz CT molecular complexity index is 1070. The molecule has 0 spiro atoms. The van der Waals surface area contributed by atoms with Crippen LogP contribution in [0.4, 0.5) is 11.5 Å². The number of carbonyl (C=O) groups excluding carboxylic acids is 1. The van der Waals surface area contributed by atoms with Crippen LogP contribution >= 0.6 is 0 Å². The van der Waals surface area contributed by atoms with E-state index in [1.54, 1.807) is 6.20 Å². The van der Waals surface area contributed by atoms with Crippen molar-refractivity contribution in [2.75, 3.05) is 36.4 Å². The Labute approximate surface area is 169 Å². The largest absolute Gasteiger partial charge is 0.355 e. The minimum absolute atomic E-state index is 0.111. The maximum atomic E-state index is 11.3. The van der Waals surface area contributed by atoms with Gasteiger partial charge in [0.15, 0.2) is 0 Å². The van der Waals surface area contributed by atoms with Crippen LogP contribution in [0.1, 0.15) is 12.5 Å². The molecule has 1 aromatic carbocycles. The Kier molecular flexibility index (Phi) is 5.27. The summed E-state index contributed by atoms with van der Waals surface area (Å²) in [5.74, 6) is 0.759. The Balaban J connectivity index is 1.67. The van der Waals surface area contributed by atoms with Gasteiger partial charge in [-0.05, 0) is 30.3 Å². The van der Waals surface area contributed by atoms with E-state index >= 15 is 0 Å². The van der Waals surface area contributed by atoms with Crippen molar-refractivity contribution in [3.8, 4) is 28.6 Å². The number of nitriles is 1. The molecule has 1 saturated heterocycles. The number of hydrogen-bond acceptors (Lipinski definition) is 5. The van der Waals surface area contributed by atoms with Gasteiger partial charge in [-0.1, -0.05) is 12.1 Å². The monoisotopic (exact) mass is 386 g/mol. The van der Waals surface area contributed by atoms with Gasteiger partial charge in [-0.15, -0.1) is 0 Å². The number of pyridine rings is 1. The van der Waals surface area contributed by atoms with E-state index in [1.165, 1.54) is 6.92 Å². The van der Waals surface area contributed by atoms with E-state index in [1.807, 2.05) is 42.5 Å². The smallest absolute Gasteiger partial charge is 0.221 e. The topological polar surface area (TPSA) is 96.8 Å². The van der Waals surface area contributed by atoms with E-state index in [0.717, 1.165) is 60.2 Å². The second-order valence-electron chi connectivity index (χ2n) is 6.99. The highest BCUT2D eigenvalue weighted by molar-refractivity contribution is 5.89. The Morgan fingerprint density at radius 3 is 2.76 bits per heavy atom. The Morgan fingerprint density at radius 2 is 2.00 bits per heavy atom. The van der Waals surface area contributed by atoms with Gasteiger partial charge in [0.05, 0.1) is 11.3 Å². The van der Waals surface area contributed by atoms with Crippen molar-refractivity contribution < 1.29 is 4.79 Å². The summed E-state index contributed by atoms with van der Waals surface area (Å²) in [5, 5.41) is 15.7. The molecule has 0 bridgehead atoms. The molecular formula is C22H22N6O. The third-order valence-corrected chi connectivity index (χ3v) is 4.90. The molecule has 3 aromatic rings. The molecule has 3 heterocycles. The highest BCUT2D eigenvalue weighted by Crippen LogP contribution is 2.30. The summed E-state index contributed by atoms with van der Waals surface area (Å²) >= 11 is 0. The van der Waals surface area contributed by atoms with E-state index in [9.17, 15) is 10.1 Å². The zero-order chi connectivity index (χ0) is 20.2. The van der Waals surface area contributed by atoms with Crippen LogP contribution in [0, 0.1) is 11.3 Å². The van der Waals surface area contributed by atoms with Gasteiger partial charge in [0.2, 0.25) is 5.91 Å². The number of rotatable bonds is 4. The molecule has 0 atom stereocenters. The number of benzene rings is 1. The van der Waals surface area contributed by atoms with Gasteiger partial charge in [0, 0.05) is 61.8 Å². The molecule has 1 aliphatic heterocycles. The molecule has 1 amide bonds. The molecule has 1 fully saturated rings. The molecular weight excluding hydrogens is 364 g/mol. The van der Waals surface area contributed by atoms with Crippen molar-refractivity contribution >= 4 is 17.4 Å². The summed E-state index contributed by atoms with van der Waals surface area (Å²) in [5.41, 5.74) is 4.93. The van der Waals surface area contributed by atoms with Crippen LogP contribution in [0.2, 0.25) is 0 Å². The number of amides is 1. The number of anilines is 2. The number of nitrogens with one attached hydrogen (secondary N) is 3. The lowest BCUT2D eigenvalue weighted by molar-refractivity contribution is -0.114. The van der Waals surface area contributed by atoms with Crippen molar-refractivity contribution in [1.29, 1.82) is 5.26 Å². The standard InChI is InChI=1S/C22H22N6O/c1-15(29)26-19-4-2-3-16(11-19)20-12-17(5-6-25-20)21-13-18(14-23)22(27-21)28-9-7-24-8-10-28/h2-6,11-13,24,27H,7-10H2,1H3,(H,26,29). The third-order valence-electron chi connectivity index (χ3n) is 4.90. The van der Waals surface area contributed by atoms with E-state index in [-0.39, 0.29) is 5.91 Å². The molecule has 4 rings (SSSR count). The van der Waals surface area contributed by atoms with Crippen LogP contribution in [-0.2, 0) is 4.79 Å². The van der Waals surface area contributed by atoms with Crippen LogP contribution in [0.5, 0.6) is 0 Å². The third kappa shape index (κ3) is 4.13. The summed E-state index contributed by atoms with van der Waals surface area (Å²) in [4.78, 5) is 21.4. The van der Waals surface area contributed by atoms with Crippen LogP contribution in [0.15, 0.2) is 48.7 Å². The first kappa shape index (κ1) is 18.7. The van der Waals surface area contributed by atoms with Gasteiger partial charge in [0.1, 0.15) is 11.9 Å². The Hall–Kier alpha value is -3.63. The number of piperazine rings is 1. The van der Waals surface area contributed by atoms with Gasteiger partial charge in [-0.2, -0.15) is 5.26 Å². The van der Waals surface area contributed by atoms with E-state index in [0.29, 0.717) is 5.56 Å². The molecule has 2 aromatic heterocycles. The highest BCUT2D eigenvalue weighted by atomic mass is 16.1. The average Bonchev–Trinajstić information content (AvgIpc) is 3.19. The number of H-pyrrole nitrogens is 1. The summed E-state index contributed by atoms with van der Waals surface area (Å²) in [6, 6.07) is 15.7. The molecule has 0 saturated carbocycles. The molecule has 146 valence electrons. The SMILES string of the molecule is CC(=O)Nc1cccc(-c2cc(-c3cc(C#N)c(N4CCNCC4)[nH]3)ccn2)c1. The minimum atomic E-state index is -0.111. The minimum Gasteiger partial charge on any atom is -0.355 e. The number of nitrogens with zero attached hydrogens (tertiary/aromatic N) is 3. The van der Waals surface area contributed by atoms with Crippen LogP contribution in [-0.4, -0.2) is 42.1 Å². The van der Waals surface area contributed by atoms with Gasteiger partial charge in [0.25, 0.3) is 0 Å². The van der Waals surface area contributed by atoms with E-state index < -0.39 is 0 Å². The predicted octanol–water partition coefficient (Wildman–Crippen LogP) is 2.98. The van der Waals surface area contributed by atoms with Gasteiger partial charge < -0.3 is 20.5 Å². The van der Waals surface area contributed by atoms with Crippen molar-refractivity contribution in [3.63, 3.8) is 0 Å². The fourth-order valence-corrected chi connectivity index (χ4v) is 3.54. The fraction of sp³-hybridized carbons (Fsp3) is 0.227. The molecule has 0 unspecified atom stereocenters. The van der Waals surface area contributed by atoms with Gasteiger partial charge in [-0.25, -0.2) is 0 Å².